The molecule has 6 aromatic carbocycles. The molecule has 0 aliphatic carbocycles. The molecule has 9 heteroatoms. The minimum absolute atomic E-state index is 0.256. The lowest BCUT2D eigenvalue weighted by Crippen LogP contribution is -2.47. The summed E-state index contributed by atoms with van der Waals surface area (Å²) in [6, 6.07) is 58.5. The number of benzene rings is 6. The van der Waals surface area contributed by atoms with Crippen molar-refractivity contribution in [3.8, 4) is 11.5 Å². The Hall–Kier alpha value is -6.31. The molecule has 51 heavy (non-hydrogen) atoms. The summed E-state index contributed by atoms with van der Waals surface area (Å²) in [4.78, 5) is 23.2. The van der Waals surface area contributed by atoms with Crippen LogP contribution in [0.15, 0.2) is 199 Å². The van der Waals surface area contributed by atoms with Gasteiger partial charge in [0.15, 0.2) is 11.4 Å². The van der Waals surface area contributed by atoms with Crippen LogP contribution in [0.3, 0.4) is 0 Å². The van der Waals surface area contributed by atoms with Crippen molar-refractivity contribution in [1.82, 2.24) is 14.5 Å². The van der Waals surface area contributed by atoms with Crippen molar-refractivity contribution in [2.24, 2.45) is 4.99 Å². The predicted molar refractivity (Wildman–Crippen MR) is 203 cm³/mol. The molecule has 0 spiro atoms. The van der Waals surface area contributed by atoms with Crippen molar-refractivity contribution in [2.75, 3.05) is 0 Å². The number of para-hydroxylation sites is 3. The number of amidine groups is 1. The Morgan fingerprint density at radius 3 is 1.45 bits per heavy atom. The lowest BCUT2D eigenvalue weighted by molar-refractivity contribution is 0.291. The zero-order chi connectivity index (χ0) is 34.9. The van der Waals surface area contributed by atoms with Crippen LogP contribution < -0.4 is 13.5 Å². The number of aromatic nitrogens is 2. The summed E-state index contributed by atoms with van der Waals surface area (Å²) >= 11 is 0. The Morgan fingerprint density at radius 2 is 0.980 bits per heavy atom. The molecule has 250 valence electrons. The van der Waals surface area contributed by atoms with Gasteiger partial charge in [-0.1, -0.05) is 121 Å². The van der Waals surface area contributed by atoms with Crippen LogP contribution >= 0.6 is 7.82 Å². The Bertz CT molecular complexity index is 2230. The Balaban J connectivity index is 0.000000201. The molecule has 7 aromatic rings. The van der Waals surface area contributed by atoms with Crippen LogP contribution in [0.5, 0.6) is 11.5 Å². The molecule has 0 saturated heterocycles. The van der Waals surface area contributed by atoms with Crippen LogP contribution in [-0.4, -0.2) is 20.7 Å². The first kappa shape index (κ1) is 33.2. The number of phosphoric acid groups is 1. The fourth-order valence-corrected chi connectivity index (χ4v) is 6.80. The number of quaternary nitrogens is 1. The molecule has 1 aliphatic heterocycles. The maximum atomic E-state index is 11.7. The van der Waals surface area contributed by atoms with Crippen molar-refractivity contribution in [3.05, 3.63) is 211 Å². The van der Waals surface area contributed by atoms with E-state index in [1.165, 1.54) is 0 Å². The van der Waals surface area contributed by atoms with Crippen LogP contribution in [0.4, 0.5) is 11.6 Å². The summed E-state index contributed by atoms with van der Waals surface area (Å²) < 4.78 is 21.7. The molecule has 1 atom stereocenters. The smallest absolute Gasteiger partial charge is 0.395 e. The molecule has 1 aromatic heterocycles. The van der Waals surface area contributed by atoms with E-state index in [1.807, 2.05) is 36.7 Å². The van der Waals surface area contributed by atoms with Crippen LogP contribution in [0.25, 0.3) is 11.4 Å². The first-order valence-corrected chi connectivity index (χ1v) is 17.8. The van der Waals surface area contributed by atoms with Gasteiger partial charge in [0, 0.05) is 29.5 Å². The number of hydrogen-bond donors (Lipinski definition) is 2. The SMILES string of the molecule is O=P(O)(Oc1ccccc1)Oc1ccccc1.c1ccc(C2=NC(c3ccccc3)=C(c3ccccc3)[N+]2(c2ccccc2)c2ncc[nH]2)cc1. The number of aliphatic imine (C=N–C) groups is 1. The van der Waals surface area contributed by atoms with Gasteiger partial charge in [-0.2, -0.15) is 9.98 Å². The Labute approximate surface area is 296 Å². The summed E-state index contributed by atoms with van der Waals surface area (Å²) in [5.41, 5.74) is 6.26. The highest BCUT2D eigenvalue weighted by atomic mass is 31.2. The van der Waals surface area contributed by atoms with Crippen LogP contribution in [0.2, 0.25) is 0 Å². The van der Waals surface area contributed by atoms with Gasteiger partial charge in [-0.15, -0.1) is 4.48 Å². The summed E-state index contributed by atoms with van der Waals surface area (Å²) in [5, 5.41) is 0. The second kappa shape index (κ2) is 15.1. The van der Waals surface area contributed by atoms with Gasteiger partial charge >= 0.3 is 13.8 Å². The molecule has 2 N–H and O–H groups in total. The standard InChI is InChI=1S/C30H23N4.C12H11O4P/c1-5-13-23(14-6-1)27-28(24-15-7-2-8-16-24)34(30-31-21-22-32-30,26-19-11-4-12-20-26)29(33-27)25-17-9-3-10-18-25;13-17(14,15-11-7-3-1-4-8-11)16-12-9-5-2-6-10-12/h1-22H,(H,31,32);1-10H,(H,13,14)/q+1;. The number of phosphoric ester groups is 1. The maximum Gasteiger partial charge on any atom is 0.584 e. The van der Waals surface area contributed by atoms with Crippen molar-refractivity contribution >= 4 is 36.7 Å². The molecule has 8 nitrogen and oxygen atoms in total. The summed E-state index contributed by atoms with van der Waals surface area (Å²) in [7, 11) is -4.14. The van der Waals surface area contributed by atoms with Crippen molar-refractivity contribution < 1.29 is 18.5 Å². The second-order valence-electron chi connectivity index (χ2n) is 11.4. The number of rotatable bonds is 9. The molecular formula is C42H34N4O4P+. The van der Waals surface area contributed by atoms with Crippen molar-refractivity contribution in [1.29, 1.82) is 0 Å². The molecule has 0 saturated carbocycles. The van der Waals surface area contributed by atoms with E-state index in [4.69, 9.17) is 19.0 Å². The van der Waals surface area contributed by atoms with Crippen molar-refractivity contribution in [2.45, 2.75) is 0 Å². The first-order valence-electron chi connectivity index (χ1n) is 16.3. The Morgan fingerprint density at radius 1 is 0.549 bits per heavy atom. The van der Waals surface area contributed by atoms with Crippen molar-refractivity contribution in [3.63, 3.8) is 0 Å². The molecule has 0 radical (unpaired) electrons. The third-order valence-electron chi connectivity index (χ3n) is 8.09. The predicted octanol–water partition coefficient (Wildman–Crippen LogP) is 10.3. The van der Waals surface area contributed by atoms with Gasteiger partial charge in [0.1, 0.15) is 17.2 Å². The monoisotopic (exact) mass is 689 g/mol. The minimum Gasteiger partial charge on any atom is -0.395 e. The number of aromatic amines is 1. The number of nitrogens with one attached hydrogen (secondary N) is 1. The quantitative estimate of drug-likeness (QED) is 0.116. The molecule has 1 aliphatic rings. The molecule has 8 rings (SSSR count). The highest BCUT2D eigenvalue weighted by Gasteiger charge is 2.53. The third-order valence-corrected chi connectivity index (χ3v) is 8.98. The lowest BCUT2D eigenvalue weighted by Gasteiger charge is -2.33. The topological polar surface area (TPSA) is 96.8 Å². The van der Waals surface area contributed by atoms with Gasteiger partial charge in [0.05, 0.1) is 11.8 Å². The maximum absolute atomic E-state index is 11.7. The van der Waals surface area contributed by atoms with E-state index in [-0.39, 0.29) is 16.0 Å². The van der Waals surface area contributed by atoms with Gasteiger partial charge in [-0.3, -0.25) is 9.88 Å². The molecule has 0 fully saturated rings. The molecular weight excluding hydrogens is 655 g/mol. The van der Waals surface area contributed by atoms with Gasteiger partial charge < -0.3 is 9.05 Å². The summed E-state index contributed by atoms with van der Waals surface area (Å²) in [6.07, 6.45) is 3.69. The van der Waals surface area contributed by atoms with Crippen LogP contribution in [0.1, 0.15) is 16.7 Å². The molecule has 0 amide bonds. The van der Waals surface area contributed by atoms with Crippen LogP contribution in [-0.2, 0) is 4.57 Å². The van der Waals surface area contributed by atoms with Gasteiger partial charge in [0.2, 0.25) is 0 Å². The minimum atomic E-state index is -4.14. The summed E-state index contributed by atoms with van der Waals surface area (Å²) in [6.45, 7) is 0. The zero-order valence-electron chi connectivity index (χ0n) is 27.4. The fourth-order valence-electron chi connectivity index (χ4n) is 5.99. The van der Waals surface area contributed by atoms with E-state index in [9.17, 15) is 9.46 Å². The number of H-pyrrole nitrogens is 1. The number of nitrogens with zero attached hydrogens (tertiary/aromatic N) is 3. The average Bonchev–Trinajstić information content (AvgIpc) is 3.85. The second-order valence-corrected chi connectivity index (χ2v) is 12.7. The highest BCUT2D eigenvalue weighted by Crippen LogP contribution is 2.51. The average molecular weight is 690 g/mol. The normalized spacial score (nSPS) is 15.4. The van der Waals surface area contributed by atoms with E-state index in [2.05, 4.69) is 102 Å². The van der Waals surface area contributed by atoms with Gasteiger partial charge in [-0.25, -0.2) is 4.57 Å². The number of imidazole rings is 1. The lowest BCUT2D eigenvalue weighted by atomic mass is 10.0. The van der Waals surface area contributed by atoms with E-state index in [1.54, 1.807) is 60.7 Å². The number of hydrogen-bond acceptors (Lipinski definition) is 5. The van der Waals surface area contributed by atoms with Crippen LogP contribution in [0, 0.1) is 0 Å². The molecule has 1 unspecified atom stereocenters. The van der Waals surface area contributed by atoms with E-state index >= 15 is 0 Å². The zero-order valence-corrected chi connectivity index (χ0v) is 28.3. The molecule has 0 bridgehead atoms. The largest absolute Gasteiger partial charge is 0.584 e. The molecule has 2 heterocycles. The van der Waals surface area contributed by atoms with Gasteiger partial charge in [0.25, 0.3) is 5.84 Å². The fraction of sp³-hybridized carbons (Fsp3) is 0. The highest BCUT2D eigenvalue weighted by molar-refractivity contribution is 7.48. The first-order chi connectivity index (χ1) is 25.0. The summed E-state index contributed by atoms with van der Waals surface area (Å²) in [5.74, 6) is 2.27. The van der Waals surface area contributed by atoms with Gasteiger partial charge in [-0.05, 0) is 48.5 Å². The van der Waals surface area contributed by atoms with E-state index in [0.29, 0.717) is 0 Å². The van der Waals surface area contributed by atoms with E-state index in [0.717, 1.165) is 45.6 Å². The van der Waals surface area contributed by atoms with E-state index < -0.39 is 7.82 Å². The third kappa shape index (κ3) is 7.20. The Kier molecular flexibility index (Phi) is 9.81.